The molecular weight excluding hydrogens is 499 g/mol. The van der Waals surface area contributed by atoms with Crippen LogP contribution in [0, 0.1) is 6.92 Å². The molecule has 34 heavy (non-hydrogen) atoms. The summed E-state index contributed by atoms with van der Waals surface area (Å²) in [6.45, 7) is 0.169. The Morgan fingerprint density at radius 3 is 2.56 bits per heavy atom. The van der Waals surface area contributed by atoms with E-state index in [4.69, 9.17) is 11.6 Å². The van der Waals surface area contributed by atoms with Crippen molar-refractivity contribution < 1.29 is 36.2 Å². The van der Waals surface area contributed by atoms with E-state index in [0.717, 1.165) is 37.5 Å². The van der Waals surface area contributed by atoms with Crippen molar-refractivity contribution >= 4 is 33.2 Å². The number of aryl methyl sites for hydroxylation is 1. The maximum absolute atomic E-state index is 13.4. The molecule has 1 saturated carbocycles. The molecule has 1 aliphatic heterocycles. The van der Waals surface area contributed by atoms with Gasteiger partial charge in [-0.15, -0.1) is 0 Å². The Hall–Kier alpha value is -2.47. The monoisotopic (exact) mass is 521 g/mol. The van der Waals surface area contributed by atoms with Crippen LogP contribution in [0.1, 0.15) is 37.4 Å². The van der Waals surface area contributed by atoms with Gasteiger partial charge in [0.25, 0.3) is 0 Å². The van der Waals surface area contributed by atoms with Gasteiger partial charge in [0.15, 0.2) is 16.4 Å². The predicted molar refractivity (Wildman–Crippen MR) is 117 cm³/mol. The van der Waals surface area contributed by atoms with E-state index in [1.54, 1.807) is 22.6 Å². The van der Waals surface area contributed by atoms with Crippen LogP contribution in [0.4, 0.5) is 19.0 Å². The summed E-state index contributed by atoms with van der Waals surface area (Å²) in [6, 6.07) is 4.01. The van der Waals surface area contributed by atoms with Crippen LogP contribution in [0.2, 0.25) is 5.02 Å². The Bertz CT molecular complexity index is 1200. The molecule has 1 saturated heterocycles. The van der Waals surface area contributed by atoms with E-state index in [0.29, 0.717) is 11.5 Å². The van der Waals surface area contributed by atoms with Crippen LogP contribution in [0.25, 0.3) is 0 Å². The number of benzene rings is 1. The molecule has 2 atom stereocenters. The maximum atomic E-state index is 13.4. The van der Waals surface area contributed by atoms with Crippen LogP contribution >= 0.6 is 11.6 Å². The van der Waals surface area contributed by atoms with Gasteiger partial charge in [0.1, 0.15) is 17.6 Å². The minimum absolute atomic E-state index is 0.0835. The molecular formula is C21H23ClF3N3O5S. The van der Waals surface area contributed by atoms with Gasteiger partial charge in [-0.1, -0.05) is 11.6 Å². The summed E-state index contributed by atoms with van der Waals surface area (Å²) in [6.07, 6.45) is -1.85. The number of rotatable bonds is 7. The average molecular weight is 522 g/mol. The number of alkyl halides is 3. The van der Waals surface area contributed by atoms with Gasteiger partial charge in [0.2, 0.25) is 0 Å². The number of carboxylic acids is 1. The van der Waals surface area contributed by atoms with Gasteiger partial charge < -0.3 is 14.7 Å². The molecule has 13 heteroatoms. The van der Waals surface area contributed by atoms with Crippen molar-refractivity contribution in [1.82, 2.24) is 9.78 Å². The van der Waals surface area contributed by atoms with Crippen LogP contribution < -0.4 is 9.64 Å². The molecule has 0 amide bonds. The smallest absolute Gasteiger partial charge is 0.422 e. The third-order valence-electron chi connectivity index (χ3n) is 6.15. The number of aromatic nitrogens is 2. The average Bonchev–Trinajstić information content (AvgIpc) is 3.29. The standard InChI is InChI=1S/C21H23ClF3N3O5S/c1-12-7-19(28(26-12)13-3-2-4-13)27-10-15(9-17(27)20(29)30)34(31,32)18-6-5-14(8-16(18)22)33-11-21(23,24)25/h5-8,13,15,17H,2-4,9-11H2,1H3,(H,29,30)/t15-,17+/m1/s1. The minimum Gasteiger partial charge on any atom is -0.484 e. The van der Waals surface area contributed by atoms with Crippen molar-refractivity contribution in [2.45, 2.75) is 61.0 Å². The number of sulfone groups is 1. The number of hydrogen-bond donors (Lipinski definition) is 1. The molecule has 1 N–H and O–H groups in total. The van der Waals surface area contributed by atoms with Crippen molar-refractivity contribution in [3.05, 3.63) is 35.0 Å². The molecule has 1 aromatic heterocycles. The quantitative estimate of drug-likeness (QED) is 0.587. The second-order valence-corrected chi connectivity index (χ2v) is 11.2. The third kappa shape index (κ3) is 4.83. The first-order valence-electron chi connectivity index (χ1n) is 10.7. The fourth-order valence-electron chi connectivity index (χ4n) is 4.27. The highest BCUT2D eigenvalue weighted by Gasteiger charge is 2.45. The van der Waals surface area contributed by atoms with E-state index in [-0.39, 0.29) is 34.7 Å². The molecule has 8 nitrogen and oxygen atoms in total. The summed E-state index contributed by atoms with van der Waals surface area (Å²) in [4.78, 5) is 13.3. The van der Waals surface area contributed by atoms with Gasteiger partial charge in [-0.05, 0) is 44.7 Å². The molecule has 0 radical (unpaired) electrons. The summed E-state index contributed by atoms with van der Waals surface area (Å²) in [5, 5.41) is 12.9. The Balaban J connectivity index is 1.60. The zero-order valence-corrected chi connectivity index (χ0v) is 19.7. The van der Waals surface area contributed by atoms with Gasteiger partial charge in [0, 0.05) is 18.7 Å². The summed E-state index contributed by atoms with van der Waals surface area (Å²) in [5.41, 5.74) is 0.704. The largest absolute Gasteiger partial charge is 0.484 e. The first-order valence-corrected chi connectivity index (χ1v) is 12.6. The molecule has 2 aromatic rings. The number of ether oxygens (including phenoxy) is 1. The van der Waals surface area contributed by atoms with E-state index in [1.807, 2.05) is 0 Å². The van der Waals surface area contributed by atoms with Crippen molar-refractivity contribution in [2.75, 3.05) is 18.1 Å². The highest BCUT2D eigenvalue weighted by molar-refractivity contribution is 7.92. The van der Waals surface area contributed by atoms with E-state index in [2.05, 4.69) is 9.84 Å². The molecule has 186 valence electrons. The summed E-state index contributed by atoms with van der Waals surface area (Å²) in [5.74, 6) is -0.814. The third-order valence-corrected chi connectivity index (χ3v) is 8.76. The van der Waals surface area contributed by atoms with Gasteiger partial charge in [-0.2, -0.15) is 18.3 Å². The summed E-state index contributed by atoms with van der Waals surface area (Å²) in [7, 11) is -4.10. The highest BCUT2D eigenvalue weighted by atomic mass is 35.5. The molecule has 0 unspecified atom stereocenters. The van der Waals surface area contributed by atoms with Crippen LogP contribution in [0.3, 0.4) is 0 Å². The van der Waals surface area contributed by atoms with Gasteiger partial charge in [-0.25, -0.2) is 17.9 Å². The van der Waals surface area contributed by atoms with E-state index >= 15 is 0 Å². The van der Waals surface area contributed by atoms with Gasteiger partial charge in [0.05, 0.1) is 26.9 Å². The molecule has 2 heterocycles. The number of nitrogens with zero attached hydrogens (tertiary/aromatic N) is 3. The Labute approximate surface area is 199 Å². The van der Waals surface area contributed by atoms with Crippen molar-refractivity contribution in [3.63, 3.8) is 0 Å². The molecule has 0 spiro atoms. The SMILES string of the molecule is Cc1cc(N2C[C@H](S(=O)(=O)c3ccc(OCC(F)(F)F)cc3Cl)C[C@H]2C(=O)O)n(C2CCC2)n1. The summed E-state index contributed by atoms with van der Waals surface area (Å²) < 4.78 is 70.3. The van der Waals surface area contributed by atoms with E-state index in [9.17, 15) is 31.5 Å². The van der Waals surface area contributed by atoms with Crippen LogP contribution in [0.15, 0.2) is 29.2 Å². The van der Waals surface area contributed by atoms with Crippen LogP contribution in [0.5, 0.6) is 5.75 Å². The number of aliphatic carboxylic acids is 1. The number of halogens is 4. The topological polar surface area (TPSA) is 102 Å². The number of hydrogen-bond acceptors (Lipinski definition) is 6. The zero-order chi connectivity index (χ0) is 24.8. The van der Waals surface area contributed by atoms with Gasteiger partial charge >= 0.3 is 12.1 Å². The number of carboxylic acid groups (broad SMARTS) is 1. The molecule has 1 aromatic carbocycles. The molecule has 0 bridgehead atoms. The lowest BCUT2D eigenvalue weighted by Gasteiger charge is -2.31. The zero-order valence-electron chi connectivity index (χ0n) is 18.1. The molecule has 2 aliphatic rings. The predicted octanol–water partition coefficient (Wildman–Crippen LogP) is 4.02. The Morgan fingerprint density at radius 1 is 1.29 bits per heavy atom. The molecule has 4 rings (SSSR count). The number of carbonyl (C=O) groups is 1. The van der Waals surface area contributed by atoms with Crippen LogP contribution in [-0.2, 0) is 14.6 Å². The lowest BCUT2D eigenvalue weighted by atomic mass is 9.93. The van der Waals surface area contributed by atoms with Crippen molar-refractivity contribution in [1.29, 1.82) is 0 Å². The molecule has 2 fully saturated rings. The maximum Gasteiger partial charge on any atom is 0.422 e. The molecule has 1 aliphatic carbocycles. The first-order chi connectivity index (χ1) is 15.9. The van der Waals surface area contributed by atoms with Gasteiger partial charge in [-0.3, -0.25) is 0 Å². The normalized spacial score (nSPS) is 21.5. The lowest BCUT2D eigenvalue weighted by Crippen LogP contribution is -2.38. The van der Waals surface area contributed by atoms with E-state index < -0.39 is 39.9 Å². The Kier molecular flexibility index (Phi) is 6.49. The van der Waals surface area contributed by atoms with Crippen molar-refractivity contribution in [3.8, 4) is 5.75 Å². The summed E-state index contributed by atoms with van der Waals surface area (Å²) >= 11 is 6.11. The number of anilines is 1. The Morgan fingerprint density at radius 2 is 2.00 bits per heavy atom. The minimum atomic E-state index is -4.55. The fraction of sp³-hybridized carbons (Fsp3) is 0.524. The fourth-order valence-corrected chi connectivity index (χ4v) is 6.51. The highest BCUT2D eigenvalue weighted by Crippen LogP contribution is 2.39. The second kappa shape index (κ2) is 8.95. The second-order valence-electron chi connectivity index (χ2n) is 8.58. The van der Waals surface area contributed by atoms with Crippen LogP contribution in [-0.4, -0.2) is 59.9 Å². The lowest BCUT2D eigenvalue weighted by molar-refractivity contribution is -0.153. The van der Waals surface area contributed by atoms with Crippen molar-refractivity contribution in [2.24, 2.45) is 0 Å². The first kappa shape index (κ1) is 24.6. The van der Waals surface area contributed by atoms with E-state index in [1.165, 1.54) is 0 Å².